The maximum Gasteiger partial charge on any atom is 0.341 e. The predicted octanol–water partition coefficient (Wildman–Crippen LogP) is 5.82. The first-order chi connectivity index (χ1) is 14.7. The number of aromatic carboxylic acids is 1. The van der Waals surface area contributed by atoms with Gasteiger partial charge in [0.2, 0.25) is 5.91 Å². The highest BCUT2D eigenvalue weighted by atomic mass is 35.5. The standard InChI is InChI=1S/C14H20ClNO2.C8H6Cl2O3/c1-4-12-8-6-7-11(3)14(12)16(10-18-5-2)13(17)9-15;1-13-7-5(10)3-2-4(9)6(7)8(11)12/h6-8H,4-5,9-10H2,1-3H3;2-3H,1H3,(H,11,12). The Hall–Kier alpha value is -1.99. The molecule has 2 rings (SSSR count). The van der Waals surface area contributed by atoms with Gasteiger partial charge in [-0.25, -0.2) is 4.79 Å². The number of alkyl halides is 1. The van der Waals surface area contributed by atoms with Crippen LogP contribution in [0.3, 0.4) is 0 Å². The summed E-state index contributed by atoms with van der Waals surface area (Å²) in [4.78, 5) is 24.3. The number of nitrogens with zero attached hydrogens (tertiary/aromatic N) is 1. The normalized spacial score (nSPS) is 10.2. The van der Waals surface area contributed by atoms with Gasteiger partial charge in [0, 0.05) is 6.61 Å². The highest BCUT2D eigenvalue weighted by Crippen LogP contribution is 2.33. The number of rotatable bonds is 8. The van der Waals surface area contributed by atoms with Crippen LogP contribution < -0.4 is 9.64 Å². The molecule has 0 heterocycles. The number of hydrogen-bond acceptors (Lipinski definition) is 4. The summed E-state index contributed by atoms with van der Waals surface area (Å²) in [5.41, 5.74) is 3.01. The molecule has 0 aromatic heterocycles. The Balaban J connectivity index is 0.000000327. The fraction of sp³-hybridized carbons (Fsp3) is 0.364. The maximum atomic E-state index is 12.0. The molecule has 0 bridgehead atoms. The molecule has 31 heavy (non-hydrogen) atoms. The number of para-hydroxylation sites is 1. The third kappa shape index (κ3) is 7.28. The average Bonchev–Trinajstić information content (AvgIpc) is 2.75. The number of hydrogen-bond donors (Lipinski definition) is 1. The van der Waals surface area contributed by atoms with Gasteiger partial charge in [-0.15, -0.1) is 11.6 Å². The van der Waals surface area contributed by atoms with E-state index in [1.165, 1.54) is 19.2 Å². The maximum absolute atomic E-state index is 12.0. The van der Waals surface area contributed by atoms with Crippen LogP contribution in [0, 0.1) is 6.92 Å². The smallest absolute Gasteiger partial charge is 0.341 e. The lowest BCUT2D eigenvalue weighted by Gasteiger charge is -2.25. The van der Waals surface area contributed by atoms with Gasteiger partial charge < -0.3 is 14.6 Å². The van der Waals surface area contributed by atoms with Crippen molar-refractivity contribution in [1.82, 2.24) is 0 Å². The van der Waals surface area contributed by atoms with E-state index in [0.29, 0.717) is 6.61 Å². The zero-order valence-corrected chi connectivity index (χ0v) is 20.1. The second-order valence-electron chi connectivity index (χ2n) is 6.26. The number of carboxylic acids is 1. The van der Waals surface area contributed by atoms with E-state index < -0.39 is 5.97 Å². The van der Waals surface area contributed by atoms with Crippen molar-refractivity contribution in [2.24, 2.45) is 0 Å². The van der Waals surface area contributed by atoms with E-state index in [4.69, 9.17) is 49.4 Å². The molecule has 170 valence electrons. The number of carbonyl (C=O) groups excluding carboxylic acids is 1. The summed E-state index contributed by atoms with van der Waals surface area (Å²) in [5.74, 6) is -1.25. The van der Waals surface area contributed by atoms with Crippen molar-refractivity contribution in [2.75, 3.05) is 31.2 Å². The van der Waals surface area contributed by atoms with Crippen LogP contribution in [0.2, 0.25) is 10.0 Å². The highest BCUT2D eigenvalue weighted by Gasteiger charge is 2.19. The summed E-state index contributed by atoms with van der Waals surface area (Å²) in [6.45, 7) is 6.79. The van der Waals surface area contributed by atoms with Crippen molar-refractivity contribution in [3.63, 3.8) is 0 Å². The van der Waals surface area contributed by atoms with Gasteiger partial charge in [-0.2, -0.15) is 0 Å². The molecule has 1 amide bonds. The van der Waals surface area contributed by atoms with E-state index in [0.717, 1.165) is 23.2 Å². The van der Waals surface area contributed by atoms with Gasteiger partial charge in [0.25, 0.3) is 0 Å². The van der Waals surface area contributed by atoms with E-state index in [1.807, 2.05) is 32.0 Å². The number of amides is 1. The molecular formula is C22H26Cl3NO5. The molecule has 0 aliphatic carbocycles. The molecule has 1 N–H and O–H groups in total. The van der Waals surface area contributed by atoms with Gasteiger partial charge in [0.15, 0.2) is 5.75 Å². The molecule has 0 saturated carbocycles. The Kier molecular flexibility index (Phi) is 11.7. The van der Waals surface area contributed by atoms with Crippen LogP contribution in [0.15, 0.2) is 30.3 Å². The molecule has 6 nitrogen and oxygen atoms in total. The molecule has 2 aromatic carbocycles. The summed E-state index contributed by atoms with van der Waals surface area (Å²) in [6.07, 6.45) is 0.870. The molecule has 0 spiro atoms. The van der Waals surface area contributed by atoms with Crippen molar-refractivity contribution in [1.29, 1.82) is 0 Å². The molecule has 0 saturated heterocycles. The van der Waals surface area contributed by atoms with Crippen molar-refractivity contribution in [3.05, 3.63) is 57.1 Å². The first-order valence-electron chi connectivity index (χ1n) is 9.51. The third-order valence-corrected chi connectivity index (χ3v) is 5.13. The molecule has 0 aliphatic rings. The second kappa shape index (κ2) is 13.4. The van der Waals surface area contributed by atoms with E-state index in [2.05, 4.69) is 6.92 Å². The van der Waals surface area contributed by atoms with Crippen molar-refractivity contribution >= 4 is 52.4 Å². The minimum absolute atomic E-state index is 0.0371. The SMILES string of the molecule is CCOCN(C(=O)CCl)c1c(C)cccc1CC.COc1c(Cl)ccc(Cl)c1C(=O)O. The largest absolute Gasteiger partial charge is 0.494 e. The van der Waals surface area contributed by atoms with Crippen LogP contribution >= 0.6 is 34.8 Å². The molecule has 0 unspecified atom stereocenters. The van der Waals surface area contributed by atoms with E-state index >= 15 is 0 Å². The molecule has 0 fully saturated rings. The molecule has 0 radical (unpaired) electrons. The van der Waals surface area contributed by atoms with Crippen LogP contribution in [0.4, 0.5) is 5.69 Å². The molecule has 0 aliphatic heterocycles. The van der Waals surface area contributed by atoms with E-state index in [1.54, 1.807) is 4.90 Å². The molecule has 9 heteroatoms. The first-order valence-corrected chi connectivity index (χ1v) is 10.8. The fourth-order valence-electron chi connectivity index (χ4n) is 2.84. The number of anilines is 1. The molecule has 2 aromatic rings. The lowest BCUT2D eigenvalue weighted by atomic mass is 10.0. The van der Waals surface area contributed by atoms with E-state index in [9.17, 15) is 9.59 Å². The van der Waals surface area contributed by atoms with Crippen LogP contribution in [0.5, 0.6) is 5.75 Å². The Labute approximate surface area is 197 Å². The quantitative estimate of drug-likeness (QED) is 0.372. The highest BCUT2D eigenvalue weighted by molar-refractivity contribution is 6.37. The predicted molar refractivity (Wildman–Crippen MR) is 125 cm³/mol. The molecule has 0 atom stereocenters. The van der Waals surface area contributed by atoms with Gasteiger partial charge >= 0.3 is 5.97 Å². The van der Waals surface area contributed by atoms with Gasteiger partial charge in [-0.05, 0) is 43.5 Å². The summed E-state index contributed by atoms with van der Waals surface area (Å²) >= 11 is 17.0. The zero-order chi connectivity index (χ0) is 23.6. The summed E-state index contributed by atoms with van der Waals surface area (Å²) in [6, 6.07) is 8.92. The Morgan fingerprint density at radius 1 is 1.10 bits per heavy atom. The molecular weight excluding hydrogens is 465 g/mol. The van der Waals surface area contributed by atoms with E-state index in [-0.39, 0.29) is 39.9 Å². The lowest BCUT2D eigenvalue weighted by molar-refractivity contribution is -0.117. The summed E-state index contributed by atoms with van der Waals surface area (Å²) in [7, 11) is 1.34. The number of aryl methyl sites for hydroxylation is 2. The number of benzene rings is 2. The second-order valence-corrected chi connectivity index (χ2v) is 7.34. The minimum atomic E-state index is -1.16. The summed E-state index contributed by atoms with van der Waals surface area (Å²) < 4.78 is 10.2. The number of methoxy groups -OCH3 is 1. The Morgan fingerprint density at radius 2 is 1.74 bits per heavy atom. The zero-order valence-electron chi connectivity index (χ0n) is 17.9. The first kappa shape index (κ1) is 27.0. The number of carbonyl (C=O) groups is 2. The number of halogens is 3. The monoisotopic (exact) mass is 489 g/mol. The van der Waals surface area contributed by atoms with Crippen LogP contribution in [-0.4, -0.2) is 43.3 Å². The average molecular weight is 491 g/mol. The van der Waals surface area contributed by atoms with Crippen LogP contribution in [-0.2, 0) is 16.0 Å². The Morgan fingerprint density at radius 3 is 2.23 bits per heavy atom. The van der Waals surface area contributed by atoms with Gasteiger partial charge in [0.1, 0.15) is 18.2 Å². The lowest BCUT2D eigenvalue weighted by Crippen LogP contribution is -2.35. The number of ether oxygens (including phenoxy) is 2. The minimum Gasteiger partial charge on any atom is -0.494 e. The third-order valence-electron chi connectivity index (χ3n) is 4.29. The number of carboxylic acid groups (broad SMARTS) is 1. The van der Waals surface area contributed by atoms with Gasteiger partial charge in [-0.3, -0.25) is 9.69 Å². The van der Waals surface area contributed by atoms with Gasteiger partial charge in [0.05, 0.1) is 22.8 Å². The van der Waals surface area contributed by atoms with Crippen molar-refractivity contribution < 1.29 is 24.2 Å². The van der Waals surface area contributed by atoms with Gasteiger partial charge in [-0.1, -0.05) is 48.3 Å². The van der Waals surface area contributed by atoms with Crippen molar-refractivity contribution in [3.8, 4) is 5.75 Å². The van der Waals surface area contributed by atoms with Crippen LogP contribution in [0.1, 0.15) is 35.3 Å². The fourth-order valence-corrected chi connectivity index (χ4v) is 3.45. The topological polar surface area (TPSA) is 76.1 Å². The summed E-state index contributed by atoms with van der Waals surface area (Å²) in [5, 5.41) is 9.11. The van der Waals surface area contributed by atoms with Crippen LogP contribution in [0.25, 0.3) is 0 Å². The van der Waals surface area contributed by atoms with Crippen molar-refractivity contribution in [2.45, 2.75) is 27.2 Å². The Bertz CT molecular complexity index is 905.